The molecule has 1 heterocycles. The highest BCUT2D eigenvalue weighted by Crippen LogP contribution is 2.01. The molecule has 9 heavy (non-hydrogen) atoms. The van der Waals surface area contributed by atoms with Gasteiger partial charge in [0.2, 0.25) is 0 Å². The molecule has 0 bridgehead atoms. The van der Waals surface area contributed by atoms with Crippen molar-refractivity contribution < 1.29 is 0 Å². The summed E-state index contributed by atoms with van der Waals surface area (Å²) in [5, 5.41) is 0. The average molecular weight is 127 g/mol. The van der Waals surface area contributed by atoms with Gasteiger partial charge in [0.25, 0.3) is 0 Å². The monoisotopic (exact) mass is 127 g/mol. The van der Waals surface area contributed by atoms with E-state index < -0.39 is 0 Å². The minimum Gasteiger partial charge on any atom is -0.306 e. The van der Waals surface area contributed by atoms with Gasteiger partial charge in [-0.1, -0.05) is 6.08 Å². The first-order valence-corrected chi connectivity index (χ1v) is 3.57. The molecule has 0 unspecified atom stereocenters. The summed E-state index contributed by atoms with van der Waals surface area (Å²) in [7, 11) is 2.17. The molecule has 0 aromatic carbocycles. The Labute approximate surface area is 58.4 Å². The van der Waals surface area contributed by atoms with E-state index in [-0.39, 0.29) is 0 Å². The lowest BCUT2D eigenvalue weighted by molar-refractivity contribution is 0.418. The second-order valence-corrected chi connectivity index (χ2v) is 2.42. The van der Waals surface area contributed by atoms with Gasteiger partial charge in [0, 0.05) is 0 Å². The predicted molar refractivity (Wildman–Crippen MR) is 42.6 cm³/mol. The van der Waals surface area contributed by atoms with Gasteiger partial charge in [-0.15, -0.1) is 6.58 Å². The Hall–Kier alpha value is -0.300. The fourth-order valence-corrected chi connectivity index (χ4v) is 0.875. The molecule has 0 atom stereocenters. The third-order valence-electron chi connectivity index (χ3n) is 1.33. The van der Waals surface area contributed by atoms with Gasteiger partial charge in [0.1, 0.15) is 0 Å². The van der Waals surface area contributed by atoms with E-state index in [1.54, 1.807) is 6.08 Å². The summed E-state index contributed by atoms with van der Waals surface area (Å²) in [6.45, 7) is 7.89. The number of rotatable bonds is 0. The van der Waals surface area contributed by atoms with E-state index in [0.717, 1.165) is 0 Å². The molecular formula is C8H17N. The summed E-state index contributed by atoms with van der Waals surface area (Å²) in [6.07, 6.45) is 4.58. The van der Waals surface area contributed by atoms with Crippen LogP contribution in [0.15, 0.2) is 12.7 Å². The molecule has 0 radical (unpaired) electrons. The van der Waals surface area contributed by atoms with Crippen LogP contribution >= 0.6 is 0 Å². The zero-order valence-corrected chi connectivity index (χ0v) is 6.56. The highest BCUT2D eigenvalue weighted by atomic mass is 15.1. The van der Waals surface area contributed by atoms with Crippen molar-refractivity contribution >= 4 is 0 Å². The van der Waals surface area contributed by atoms with Crippen molar-refractivity contribution in [3.8, 4) is 0 Å². The SMILES string of the molecule is C=CC.CN1CCCC1. The molecule has 1 nitrogen and oxygen atoms in total. The topological polar surface area (TPSA) is 3.24 Å². The molecule has 1 heteroatoms. The Balaban J connectivity index is 0.000000187. The Bertz CT molecular complexity index is 63.0. The van der Waals surface area contributed by atoms with Gasteiger partial charge >= 0.3 is 0 Å². The van der Waals surface area contributed by atoms with E-state index in [1.165, 1.54) is 25.9 Å². The van der Waals surface area contributed by atoms with Crippen molar-refractivity contribution in [2.75, 3.05) is 20.1 Å². The minimum absolute atomic E-state index is 1.32. The molecule has 0 N–H and O–H groups in total. The lowest BCUT2D eigenvalue weighted by atomic mass is 10.4. The van der Waals surface area contributed by atoms with Gasteiger partial charge in [0.15, 0.2) is 0 Å². The van der Waals surface area contributed by atoms with Crippen LogP contribution in [0.5, 0.6) is 0 Å². The van der Waals surface area contributed by atoms with Crippen LogP contribution in [0.3, 0.4) is 0 Å². The smallest absolute Gasteiger partial charge is 0.00213 e. The maximum absolute atomic E-state index is 3.36. The van der Waals surface area contributed by atoms with Gasteiger partial charge in [-0.05, 0) is 39.9 Å². The van der Waals surface area contributed by atoms with E-state index in [4.69, 9.17) is 0 Å². The van der Waals surface area contributed by atoms with Crippen LogP contribution in [0.2, 0.25) is 0 Å². The van der Waals surface area contributed by atoms with Crippen LogP contribution in [-0.2, 0) is 0 Å². The van der Waals surface area contributed by atoms with E-state index in [1.807, 2.05) is 6.92 Å². The van der Waals surface area contributed by atoms with E-state index in [2.05, 4.69) is 18.5 Å². The van der Waals surface area contributed by atoms with Gasteiger partial charge < -0.3 is 4.90 Å². The highest BCUT2D eigenvalue weighted by molar-refractivity contribution is 4.59. The molecule has 1 saturated heterocycles. The molecule has 0 spiro atoms. The van der Waals surface area contributed by atoms with E-state index in [0.29, 0.717) is 0 Å². The van der Waals surface area contributed by atoms with Crippen LogP contribution in [0.4, 0.5) is 0 Å². The van der Waals surface area contributed by atoms with Crippen molar-refractivity contribution in [3.05, 3.63) is 12.7 Å². The maximum Gasteiger partial charge on any atom is -0.00213 e. The largest absolute Gasteiger partial charge is 0.306 e. The van der Waals surface area contributed by atoms with Crippen molar-refractivity contribution in [2.24, 2.45) is 0 Å². The number of nitrogens with zero attached hydrogens (tertiary/aromatic N) is 1. The second kappa shape index (κ2) is 5.83. The summed E-state index contributed by atoms with van der Waals surface area (Å²) >= 11 is 0. The summed E-state index contributed by atoms with van der Waals surface area (Å²) < 4.78 is 0. The average Bonchev–Trinajstić information content (AvgIpc) is 2.20. The van der Waals surface area contributed by atoms with Crippen molar-refractivity contribution in [3.63, 3.8) is 0 Å². The molecule has 0 saturated carbocycles. The Morgan fingerprint density at radius 1 is 1.33 bits per heavy atom. The first-order chi connectivity index (χ1) is 4.31. The molecule has 0 aliphatic carbocycles. The molecule has 1 fully saturated rings. The van der Waals surface area contributed by atoms with E-state index >= 15 is 0 Å². The van der Waals surface area contributed by atoms with Crippen LogP contribution < -0.4 is 0 Å². The molecule has 1 aliphatic heterocycles. The standard InChI is InChI=1S/C5H11N.C3H6/c1-6-4-2-3-5-6;1-3-2/h2-5H2,1H3;3H,1H2,2H3. The molecule has 1 rings (SSSR count). The summed E-state index contributed by atoms with van der Waals surface area (Å²) in [4.78, 5) is 2.36. The number of allylic oxidation sites excluding steroid dienone is 1. The van der Waals surface area contributed by atoms with Crippen LogP contribution in [0.1, 0.15) is 19.8 Å². The Morgan fingerprint density at radius 2 is 1.67 bits per heavy atom. The van der Waals surface area contributed by atoms with E-state index in [9.17, 15) is 0 Å². The first kappa shape index (κ1) is 8.70. The number of hydrogen-bond acceptors (Lipinski definition) is 1. The predicted octanol–water partition coefficient (Wildman–Crippen LogP) is 1.90. The van der Waals surface area contributed by atoms with Crippen LogP contribution in [0.25, 0.3) is 0 Å². The molecular weight excluding hydrogens is 110 g/mol. The zero-order valence-electron chi connectivity index (χ0n) is 6.56. The molecule has 0 amide bonds. The molecule has 1 aliphatic rings. The van der Waals surface area contributed by atoms with Crippen LogP contribution in [0, 0.1) is 0 Å². The van der Waals surface area contributed by atoms with Crippen molar-refractivity contribution in [2.45, 2.75) is 19.8 Å². The fourth-order valence-electron chi connectivity index (χ4n) is 0.875. The lowest BCUT2D eigenvalue weighted by Gasteiger charge is -2.01. The van der Waals surface area contributed by atoms with Gasteiger partial charge in [-0.2, -0.15) is 0 Å². The third-order valence-corrected chi connectivity index (χ3v) is 1.33. The first-order valence-electron chi connectivity index (χ1n) is 3.57. The fraction of sp³-hybridized carbons (Fsp3) is 0.750. The molecule has 0 aromatic rings. The maximum atomic E-state index is 3.36. The normalized spacial score (nSPS) is 18.4. The zero-order chi connectivity index (χ0) is 7.11. The molecule has 54 valence electrons. The Morgan fingerprint density at radius 3 is 1.78 bits per heavy atom. The highest BCUT2D eigenvalue weighted by Gasteiger charge is 2.03. The Kier molecular flexibility index (Phi) is 5.64. The number of likely N-dealkylation sites (tertiary alicyclic amines) is 1. The summed E-state index contributed by atoms with van der Waals surface area (Å²) in [5.41, 5.74) is 0. The quantitative estimate of drug-likeness (QED) is 0.449. The summed E-state index contributed by atoms with van der Waals surface area (Å²) in [6, 6.07) is 0. The van der Waals surface area contributed by atoms with Crippen LogP contribution in [-0.4, -0.2) is 25.0 Å². The second-order valence-electron chi connectivity index (χ2n) is 2.42. The lowest BCUT2D eigenvalue weighted by Crippen LogP contribution is -2.10. The summed E-state index contributed by atoms with van der Waals surface area (Å²) in [5.74, 6) is 0. The van der Waals surface area contributed by atoms with Crippen molar-refractivity contribution in [1.29, 1.82) is 0 Å². The van der Waals surface area contributed by atoms with Gasteiger partial charge in [0.05, 0.1) is 0 Å². The van der Waals surface area contributed by atoms with Gasteiger partial charge in [-0.3, -0.25) is 0 Å². The third kappa shape index (κ3) is 5.57. The van der Waals surface area contributed by atoms with Gasteiger partial charge in [-0.25, -0.2) is 0 Å². The molecule has 0 aromatic heterocycles. The number of hydrogen-bond donors (Lipinski definition) is 0. The van der Waals surface area contributed by atoms with Crippen molar-refractivity contribution in [1.82, 2.24) is 4.90 Å². The minimum atomic E-state index is 1.32.